The number of nitrogens with two attached hydrogens (primary N) is 1. The normalized spacial score (nSPS) is 19.0. The average molecular weight is 249 g/mol. The van der Waals surface area contributed by atoms with Crippen LogP contribution in [0.2, 0.25) is 0 Å². The molecule has 1 saturated heterocycles. The lowest BCUT2D eigenvalue weighted by molar-refractivity contribution is 0.0526. The smallest absolute Gasteiger partial charge is 0.341 e. The highest BCUT2D eigenvalue weighted by Crippen LogP contribution is 2.26. The van der Waals surface area contributed by atoms with Crippen molar-refractivity contribution < 1.29 is 9.53 Å². The summed E-state index contributed by atoms with van der Waals surface area (Å²) in [5, 5.41) is 0. The van der Waals surface area contributed by atoms with Crippen molar-refractivity contribution in [3.8, 4) is 0 Å². The maximum absolute atomic E-state index is 11.9. The lowest BCUT2D eigenvalue weighted by atomic mass is 10.2. The summed E-state index contributed by atoms with van der Waals surface area (Å²) < 4.78 is 5.06. The van der Waals surface area contributed by atoms with Crippen LogP contribution in [0.4, 0.5) is 5.82 Å². The highest BCUT2D eigenvalue weighted by atomic mass is 16.5. The molecule has 1 aromatic rings. The van der Waals surface area contributed by atoms with Crippen LogP contribution in [0.15, 0.2) is 18.3 Å². The standard InChI is InChI=1S/C13H19N3O2/c1-2-18-13(17)11-6-3-7-15-12(11)16-8-4-5-10(16)9-14/h3,6-7,10H,2,4-5,8-9,14H2,1H3. The molecule has 0 radical (unpaired) electrons. The van der Waals surface area contributed by atoms with Crippen LogP contribution in [0, 0.1) is 0 Å². The number of rotatable bonds is 4. The van der Waals surface area contributed by atoms with E-state index in [2.05, 4.69) is 9.88 Å². The quantitative estimate of drug-likeness (QED) is 0.812. The topological polar surface area (TPSA) is 68.5 Å². The van der Waals surface area contributed by atoms with E-state index >= 15 is 0 Å². The Kier molecular flexibility index (Phi) is 4.15. The molecule has 1 aliphatic rings. The molecule has 5 heteroatoms. The van der Waals surface area contributed by atoms with Crippen molar-refractivity contribution in [3.63, 3.8) is 0 Å². The number of carbonyl (C=O) groups is 1. The second-order valence-electron chi connectivity index (χ2n) is 4.32. The molecule has 98 valence electrons. The zero-order valence-electron chi connectivity index (χ0n) is 10.6. The van der Waals surface area contributed by atoms with Gasteiger partial charge in [-0.1, -0.05) is 0 Å². The number of aromatic nitrogens is 1. The van der Waals surface area contributed by atoms with Crippen LogP contribution in [0.1, 0.15) is 30.1 Å². The maximum atomic E-state index is 11.9. The van der Waals surface area contributed by atoms with Gasteiger partial charge in [-0.05, 0) is 31.9 Å². The molecule has 0 aromatic carbocycles. The Morgan fingerprint density at radius 2 is 2.50 bits per heavy atom. The molecule has 1 unspecified atom stereocenters. The third kappa shape index (κ3) is 2.46. The largest absolute Gasteiger partial charge is 0.462 e. The summed E-state index contributed by atoms with van der Waals surface area (Å²) in [6, 6.07) is 3.78. The van der Waals surface area contributed by atoms with Gasteiger partial charge in [0.25, 0.3) is 0 Å². The van der Waals surface area contributed by atoms with Gasteiger partial charge in [-0.3, -0.25) is 0 Å². The first-order chi connectivity index (χ1) is 8.77. The van der Waals surface area contributed by atoms with Gasteiger partial charge in [-0.15, -0.1) is 0 Å². The molecule has 0 aliphatic carbocycles. The van der Waals surface area contributed by atoms with Crippen molar-refractivity contribution in [1.29, 1.82) is 0 Å². The SMILES string of the molecule is CCOC(=O)c1cccnc1N1CCCC1CN. The second kappa shape index (κ2) is 5.82. The summed E-state index contributed by atoms with van der Waals surface area (Å²) in [7, 11) is 0. The summed E-state index contributed by atoms with van der Waals surface area (Å²) in [5.74, 6) is 0.382. The van der Waals surface area contributed by atoms with E-state index in [1.165, 1.54) is 0 Å². The fourth-order valence-electron chi connectivity index (χ4n) is 2.35. The number of ether oxygens (including phenoxy) is 1. The number of hydrogen-bond donors (Lipinski definition) is 1. The van der Waals surface area contributed by atoms with Gasteiger partial charge in [0.15, 0.2) is 0 Å². The molecule has 0 amide bonds. The number of hydrogen-bond acceptors (Lipinski definition) is 5. The first-order valence-corrected chi connectivity index (χ1v) is 6.36. The highest BCUT2D eigenvalue weighted by Gasteiger charge is 2.28. The zero-order valence-corrected chi connectivity index (χ0v) is 10.6. The first-order valence-electron chi connectivity index (χ1n) is 6.36. The van der Waals surface area contributed by atoms with Crippen LogP contribution >= 0.6 is 0 Å². The lowest BCUT2D eigenvalue weighted by Crippen LogP contribution is -2.37. The van der Waals surface area contributed by atoms with E-state index in [0.717, 1.165) is 19.4 Å². The van der Waals surface area contributed by atoms with Gasteiger partial charge in [0.05, 0.1) is 6.61 Å². The molecule has 5 nitrogen and oxygen atoms in total. The maximum Gasteiger partial charge on any atom is 0.341 e. The van der Waals surface area contributed by atoms with Gasteiger partial charge in [0.2, 0.25) is 0 Å². The van der Waals surface area contributed by atoms with E-state index in [1.54, 1.807) is 25.3 Å². The number of carbonyl (C=O) groups excluding carboxylic acids is 1. The Balaban J connectivity index is 2.29. The number of nitrogens with zero attached hydrogens (tertiary/aromatic N) is 2. The predicted octanol–water partition coefficient (Wildman–Crippen LogP) is 1.19. The third-order valence-corrected chi connectivity index (χ3v) is 3.20. The monoisotopic (exact) mass is 249 g/mol. The van der Waals surface area contributed by atoms with Crippen molar-refractivity contribution in [2.24, 2.45) is 5.73 Å². The molecule has 0 bridgehead atoms. The molecule has 2 N–H and O–H groups in total. The minimum atomic E-state index is -0.316. The number of anilines is 1. The molecule has 1 atom stereocenters. The van der Waals surface area contributed by atoms with Crippen LogP contribution in [-0.2, 0) is 4.74 Å². The Hall–Kier alpha value is -1.62. The molecule has 18 heavy (non-hydrogen) atoms. The molecule has 1 aromatic heterocycles. The van der Waals surface area contributed by atoms with Crippen LogP contribution < -0.4 is 10.6 Å². The molecule has 1 aliphatic heterocycles. The van der Waals surface area contributed by atoms with E-state index in [9.17, 15) is 4.79 Å². The van der Waals surface area contributed by atoms with Crippen molar-refractivity contribution in [1.82, 2.24) is 4.98 Å². The van der Waals surface area contributed by atoms with Gasteiger partial charge >= 0.3 is 5.97 Å². The molecule has 2 heterocycles. The minimum Gasteiger partial charge on any atom is -0.462 e. The highest BCUT2D eigenvalue weighted by molar-refractivity contribution is 5.94. The van der Waals surface area contributed by atoms with Gasteiger partial charge in [-0.2, -0.15) is 0 Å². The molecular weight excluding hydrogens is 230 g/mol. The zero-order chi connectivity index (χ0) is 13.0. The van der Waals surface area contributed by atoms with E-state index in [-0.39, 0.29) is 12.0 Å². The Morgan fingerprint density at radius 1 is 1.67 bits per heavy atom. The van der Waals surface area contributed by atoms with E-state index < -0.39 is 0 Å². The molecular formula is C13H19N3O2. The van der Waals surface area contributed by atoms with Gasteiger partial charge in [0, 0.05) is 25.3 Å². The summed E-state index contributed by atoms with van der Waals surface area (Å²) >= 11 is 0. The Morgan fingerprint density at radius 3 is 3.22 bits per heavy atom. The lowest BCUT2D eigenvalue weighted by Gasteiger charge is -2.26. The van der Waals surface area contributed by atoms with E-state index in [1.807, 2.05) is 0 Å². The average Bonchev–Trinajstić information content (AvgIpc) is 2.87. The Labute approximate surface area is 107 Å². The van der Waals surface area contributed by atoms with Gasteiger partial charge in [-0.25, -0.2) is 9.78 Å². The first kappa shape index (κ1) is 12.8. The molecule has 2 rings (SSSR count). The number of esters is 1. The predicted molar refractivity (Wildman–Crippen MR) is 69.6 cm³/mol. The molecule has 0 spiro atoms. The van der Waals surface area contributed by atoms with E-state index in [0.29, 0.717) is 24.5 Å². The second-order valence-corrected chi connectivity index (χ2v) is 4.32. The summed E-state index contributed by atoms with van der Waals surface area (Å²) in [5.41, 5.74) is 6.29. The molecule has 0 saturated carbocycles. The number of pyridine rings is 1. The van der Waals surface area contributed by atoms with Crippen molar-refractivity contribution in [2.45, 2.75) is 25.8 Å². The fourth-order valence-corrected chi connectivity index (χ4v) is 2.35. The van der Waals surface area contributed by atoms with Crippen LogP contribution in [0.25, 0.3) is 0 Å². The summed E-state index contributed by atoms with van der Waals surface area (Å²) in [6.45, 7) is 3.64. The molecule has 1 fully saturated rings. The minimum absolute atomic E-state index is 0.271. The van der Waals surface area contributed by atoms with Crippen molar-refractivity contribution in [2.75, 3.05) is 24.6 Å². The fraction of sp³-hybridized carbons (Fsp3) is 0.538. The van der Waals surface area contributed by atoms with Crippen LogP contribution in [0.3, 0.4) is 0 Å². The van der Waals surface area contributed by atoms with Crippen LogP contribution in [-0.4, -0.2) is 36.7 Å². The van der Waals surface area contributed by atoms with Gasteiger partial charge < -0.3 is 15.4 Å². The summed E-state index contributed by atoms with van der Waals surface area (Å²) in [6.07, 6.45) is 3.83. The van der Waals surface area contributed by atoms with Crippen molar-refractivity contribution in [3.05, 3.63) is 23.9 Å². The van der Waals surface area contributed by atoms with Crippen LogP contribution in [0.5, 0.6) is 0 Å². The Bertz CT molecular complexity index is 422. The van der Waals surface area contributed by atoms with Crippen molar-refractivity contribution >= 4 is 11.8 Å². The van der Waals surface area contributed by atoms with E-state index in [4.69, 9.17) is 10.5 Å². The summed E-state index contributed by atoms with van der Waals surface area (Å²) in [4.78, 5) is 18.3. The van der Waals surface area contributed by atoms with Gasteiger partial charge in [0.1, 0.15) is 11.4 Å². The third-order valence-electron chi connectivity index (χ3n) is 3.20.